The predicted octanol–water partition coefficient (Wildman–Crippen LogP) is 6.27. The second-order valence-electron chi connectivity index (χ2n) is 9.90. The van der Waals surface area contributed by atoms with Crippen LogP contribution in [0.4, 0.5) is 5.69 Å². The van der Waals surface area contributed by atoms with E-state index in [1.54, 1.807) is 24.3 Å². The Morgan fingerprint density at radius 1 is 1.05 bits per heavy atom. The zero-order chi connectivity index (χ0) is 28.8. The fraction of sp³-hybridized carbons (Fsp3) is 0.212. The highest BCUT2D eigenvalue weighted by atomic mass is 32.2. The van der Waals surface area contributed by atoms with Crippen molar-refractivity contribution in [2.75, 3.05) is 11.1 Å². The van der Waals surface area contributed by atoms with Crippen molar-refractivity contribution in [1.29, 1.82) is 5.26 Å². The van der Waals surface area contributed by atoms with Gasteiger partial charge >= 0.3 is 0 Å². The molecule has 1 aliphatic carbocycles. The van der Waals surface area contributed by atoms with Gasteiger partial charge in [-0.05, 0) is 55.2 Å². The molecular weight excluding hydrogens is 534 g/mol. The number of amides is 1. The lowest BCUT2D eigenvalue weighted by atomic mass is 9.77. The number of rotatable bonds is 9. The van der Waals surface area contributed by atoms with Gasteiger partial charge in [-0.15, -0.1) is 0 Å². The molecule has 0 spiro atoms. The summed E-state index contributed by atoms with van der Waals surface area (Å²) in [5.74, 6) is -0.0961. The predicted molar refractivity (Wildman–Crippen MR) is 159 cm³/mol. The van der Waals surface area contributed by atoms with E-state index in [2.05, 4.69) is 16.7 Å². The first kappa shape index (κ1) is 27.9. The third kappa shape index (κ3) is 6.59. The lowest BCUT2D eigenvalue weighted by Gasteiger charge is -2.33. The number of carbonyl (C=O) groups excluding carboxylic acids is 3. The van der Waals surface area contributed by atoms with Crippen LogP contribution in [0.5, 0.6) is 5.75 Å². The zero-order valence-corrected chi connectivity index (χ0v) is 23.4. The van der Waals surface area contributed by atoms with E-state index < -0.39 is 5.92 Å². The number of ketones is 2. The van der Waals surface area contributed by atoms with Gasteiger partial charge in [0.2, 0.25) is 5.91 Å². The van der Waals surface area contributed by atoms with E-state index in [4.69, 9.17) is 4.74 Å². The van der Waals surface area contributed by atoms with Gasteiger partial charge in [-0.25, -0.2) is 0 Å². The minimum absolute atomic E-state index is 0.0352. The molecule has 2 N–H and O–H groups in total. The molecule has 2 aliphatic rings. The molecule has 0 radical (unpaired) electrons. The maximum absolute atomic E-state index is 13.1. The van der Waals surface area contributed by atoms with Gasteiger partial charge in [-0.1, -0.05) is 66.4 Å². The summed E-state index contributed by atoms with van der Waals surface area (Å²) >= 11 is 1.23. The van der Waals surface area contributed by atoms with Gasteiger partial charge < -0.3 is 15.4 Å². The van der Waals surface area contributed by atoms with Crippen LogP contribution in [0.25, 0.3) is 0 Å². The average molecular weight is 564 g/mol. The van der Waals surface area contributed by atoms with Crippen LogP contribution in [-0.2, 0) is 16.2 Å². The van der Waals surface area contributed by atoms with Crippen LogP contribution in [-0.4, -0.2) is 23.2 Å². The molecule has 0 bridgehead atoms. The van der Waals surface area contributed by atoms with Gasteiger partial charge in [-0.2, -0.15) is 5.26 Å². The molecule has 3 aromatic rings. The van der Waals surface area contributed by atoms with Gasteiger partial charge in [-0.3, -0.25) is 14.4 Å². The Morgan fingerprint density at radius 3 is 2.56 bits per heavy atom. The lowest BCUT2D eigenvalue weighted by molar-refractivity contribution is -0.116. The monoisotopic (exact) mass is 563 g/mol. The smallest absolute Gasteiger partial charge is 0.234 e. The Morgan fingerprint density at radius 2 is 1.83 bits per heavy atom. The molecule has 1 aliphatic heterocycles. The van der Waals surface area contributed by atoms with E-state index in [0.29, 0.717) is 52.6 Å². The minimum Gasteiger partial charge on any atom is -0.489 e. The van der Waals surface area contributed by atoms with Crippen molar-refractivity contribution in [3.8, 4) is 11.8 Å². The summed E-state index contributed by atoms with van der Waals surface area (Å²) in [4.78, 5) is 37.6. The molecular formula is C33H29N3O4S. The molecule has 7 nitrogen and oxygen atoms in total. The zero-order valence-electron chi connectivity index (χ0n) is 22.6. The molecule has 0 aromatic heterocycles. The van der Waals surface area contributed by atoms with Crippen LogP contribution in [0.1, 0.15) is 53.6 Å². The van der Waals surface area contributed by atoms with Crippen LogP contribution < -0.4 is 15.4 Å². The summed E-state index contributed by atoms with van der Waals surface area (Å²) in [6, 6.07) is 26.5. The Labute approximate surface area is 243 Å². The van der Waals surface area contributed by atoms with E-state index in [1.165, 1.54) is 18.7 Å². The molecule has 1 heterocycles. The van der Waals surface area contributed by atoms with E-state index in [-0.39, 0.29) is 23.2 Å². The van der Waals surface area contributed by atoms with Crippen molar-refractivity contribution >= 4 is 34.9 Å². The highest BCUT2D eigenvalue weighted by Crippen LogP contribution is 2.44. The van der Waals surface area contributed by atoms with Crippen LogP contribution in [0, 0.1) is 11.3 Å². The topological polar surface area (TPSA) is 108 Å². The second-order valence-corrected chi connectivity index (χ2v) is 10.9. The average Bonchev–Trinajstić information content (AvgIpc) is 2.99. The summed E-state index contributed by atoms with van der Waals surface area (Å²) in [5.41, 5.74) is 4.77. The van der Waals surface area contributed by atoms with Crippen molar-refractivity contribution in [3.63, 3.8) is 0 Å². The second kappa shape index (κ2) is 12.7. The van der Waals surface area contributed by atoms with E-state index in [1.807, 2.05) is 54.6 Å². The fourth-order valence-electron chi connectivity index (χ4n) is 5.02. The first-order chi connectivity index (χ1) is 19.9. The van der Waals surface area contributed by atoms with Gasteiger partial charge in [0.05, 0.1) is 28.3 Å². The van der Waals surface area contributed by atoms with Crippen LogP contribution in [0.15, 0.2) is 101 Å². The normalized spacial score (nSPS) is 16.4. The number of nitrogens with zero attached hydrogens (tertiary/aromatic N) is 1. The van der Waals surface area contributed by atoms with Crippen molar-refractivity contribution in [3.05, 3.63) is 117 Å². The van der Waals surface area contributed by atoms with Gasteiger partial charge in [0.25, 0.3) is 0 Å². The molecule has 8 heteroatoms. The number of dihydropyridines is 1. The Kier molecular flexibility index (Phi) is 8.66. The standard InChI is InChI=1S/C33H29N3O4S/c1-21(37)24-9-5-10-25(17-24)35-30(39)20-41-33-27(18-34)31(32-28(36-33)11-6-12-29(32)38)23-13-15-26(16-14-23)40-19-22-7-3-2-4-8-22/h2-5,7-10,13-17,31,36H,6,11-12,19-20H2,1H3,(H,35,39)/t31-/m1/s1. The maximum Gasteiger partial charge on any atom is 0.234 e. The van der Waals surface area contributed by atoms with Crippen LogP contribution in [0.3, 0.4) is 0 Å². The Hall–Kier alpha value is -4.61. The SMILES string of the molecule is CC(=O)c1cccc(NC(=O)CSC2=C(C#N)[C@@H](c3ccc(OCc4ccccc4)cc3)C3=C(CCCC3=O)N2)c1. The Balaban J connectivity index is 1.35. The van der Waals surface area contributed by atoms with E-state index >= 15 is 0 Å². The minimum atomic E-state index is -0.523. The number of hydrogen-bond acceptors (Lipinski definition) is 7. The number of ether oxygens (including phenoxy) is 1. The largest absolute Gasteiger partial charge is 0.489 e. The molecule has 1 amide bonds. The molecule has 0 fully saturated rings. The summed E-state index contributed by atoms with van der Waals surface area (Å²) in [6.45, 7) is 1.91. The number of benzene rings is 3. The molecule has 0 saturated carbocycles. The lowest BCUT2D eigenvalue weighted by Crippen LogP contribution is -2.31. The van der Waals surface area contributed by atoms with Gasteiger partial charge in [0.1, 0.15) is 12.4 Å². The summed E-state index contributed by atoms with van der Waals surface area (Å²) in [7, 11) is 0. The fourth-order valence-corrected chi connectivity index (χ4v) is 5.88. The molecule has 1 atom stereocenters. The third-order valence-corrected chi connectivity index (χ3v) is 8.04. The van der Waals surface area contributed by atoms with E-state index in [0.717, 1.165) is 23.2 Å². The molecule has 5 rings (SSSR count). The maximum atomic E-state index is 13.1. The number of anilines is 1. The number of hydrogen-bond donors (Lipinski definition) is 2. The Bertz CT molecular complexity index is 1590. The van der Waals surface area contributed by atoms with Gasteiger partial charge in [0.15, 0.2) is 11.6 Å². The van der Waals surface area contributed by atoms with Crippen molar-refractivity contribution < 1.29 is 19.1 Å². The third-order valence-electron chi connectivity index (χ3n) is 7.03. The summed E-state index contributed by atoms with van der Waals surface area (Å²) in [5, 5.41) is 17.0. The highest BCUT2D eigenvalue weighted by molar-refractivity contribution is 8.03. The molecule has 0 saturated heterocycles. The number of carbonyl (C=O) groups is 3. The quantitative estimate of drug-likeness (QED) is 0.296. The summed E-state index contributed by atoms with van der Waals surface area (Å²) < 4.78 is 5.94. The first-order valence-electron chi connectivity index (χ1n) is 13.4. The van der Waals surface area contributed by atoms with Crippen LogP contribution >= 0.6 is 11.8 Å². The number of allylic oxidation sites excluding steroid dienone is 3. The number of Topliss-reactive ketones (excluding diaryl/α,β-unsaturated/α-hetero) is 2. The molecule has 3 aromatic carbocycles. The molecule has 0 unspecified atom stereocenters. The van der Waals surface area contributed by atoms with Crippen molar-refractivity contribution in [2.45, 2.75) is 38.7 Å². The van der Waals surface area contributed by atoms with Crippen molar-refractivity contribution in [2.24, 2.45) is 0 Å². The first-order valence-corrected chi connectivity index (χ1v) is 14.4. The van der Waals surface area contributed by atoms with Crippen LogP contribution in [0.2, 0.25) is 0 Å². The van der Waals surface area contributed by atoms with Crippen molar-refractivity contribution in [1.82, 2.24) is 5.32 Å². The number of thioether (sulfide) groups is 1. The summed E-state index contributed by atoms with van der Waals surface area (Å²) in [6.07, 6.45) is 1.87. The number of nitriles is 1. The molecule has 41 heavy (non-hydrogen) atoms. The number of nitrogens with one attached hydrogen (secondary N) is 2. The van der Waals surface area contributed by atoms with Gasteiger partial charge in [0, 0.05) is 28.9 Å². The highest BCUT2D eigenvalue weighted by Gasteiger charge is 2.37. The van der Waals surface area contributed by atoms with E-state index in [9.17, 15) is 19.6 Å². The molecule has 206 valence electrons.